The molecule has 6 nitrogen and oxygen atoms in total. The molecule has 0 fully saturated rings. The second-order valence-electron chi connectivity index (χ2n) is 6.62. The molecule has 1 aliphatic carbocycles. The Balaban J connectivity index is 1.67. The normalized spacial score (nSPS) is 17.7. The second kappa shape index (κ2) is 8.45. The lowest BCUT2D eigenvalue weighted by Gasteiger charge is -2.23. The number of non-ortho nitro benzene ring substituents is 1. The van der Waals surface area contributed by atoms with Gasteiger partial charge in [0.15, 0.2) is 0 Å². The molecular formula is C20H22N2O4S. The predicted octanol–water partition coefficient (Wildman–Crippen LogP) is 4.01. The van der Waals surface area contributed by atoms with Crippen LogP contribution in [0, 0.1) is 16.0 Å². The summed E-state index contributed by atoms with van der Waals surface area (Å²) in [6.45, 7) is 0.309. The third-order valence-corrected chi connectivity index (χ3v) is 6.38. The first-order chi connectivity index (χ1) is 13.0. The lowest BCUT2D eigenvalue weighted by atomic mass is 9.83. The van der Waals surface area contributed by atoms with Crippen molar-refractivity contribution < 1.29 is 13.3 Å². The molecule has 0 heterocycles. The van der Waals surface area contributed by atoms with E-state index in [1.807, 2.05) is 18.2 Å². The zero-order valence-corrected chi connectivity index (χ0v) is 15.6. The highest BCUT2D eigenvalue weighted by Crippen LogP contribution is 2.35. The molecule has 1 aliphatic rings. The topological polar surface area (TPSA) is 89.3 Å². The maximum absolute atomic E-state index is 12.5. The molecule has 0 aliphatic heterocycles. The van der Waals surface area contributed by atoms with Crippen LogP contribution in [-0.4, -0.2) is 19.9 Å². The van der Waals surface area contributed by atoms with E-state index in [-0.39, 0.29) is 16.5 Å². The van der Waals surface area contributed by atoms with Gasteiger partial charge in [-0.2, -0.15) is 0 Å². The van der Waals surface area contributed by atoms with Crippen LogP contribution < -0.4 is 4.72 Å². The van der Waals surface area contributed by atoms with Crippen molar-refractivity contribution in [1.29, 1.82) is 0 Å². The maximum atomic E-state index is 12.5. The van der Waals surface area contributed by atoms with Crippen molar-refractivity contribution in [3.63, 3.8) is 0 Å². The highest BCUT2D eigenvalue weighted by Gasteiger charge is 2.24. The van der Waals surface area contributed by atoms with Gasteiger partial charge in [-0.05, 0) is 48.8 Å². The summed E-state index contributed by atoms with van der Waals surface area (Å²) in [6.07, 6.45) is 7.23. The maximum Gasteiger partial charge on any atom is 0.269 e. The molecule has 1 N–H and O–H groups in total. The lowest BCUT2D eigenvalue weighted by Crippen LogP contribution is -2.27. The van der Waals surface area contributed by atoms with E-state index in [1.165, 1.54) is 29.8 Å². The quantitative estimate of drug-likeness (QED) is 0.422. The number of nitrogens with zero attached hydrogens (tertiary/aromatic N) is 1. The van der Waals surface area contributed by atoms with E-state index in [2.05, 4.69) is 29.0 Å². The van der Waals surface area contributed by atoms with Crippen LogP contribution >= 0.6 is 0 Å². The van der Waals surface area contributed by atoms with Gasteiger partial charge < -0.3 is 0 Å². The first kappa shape index (κ1) is 19.3. The number of sulfonamides is 1. The summed E-state index contributed by atoms with van der Waals surface area (Å²) in [5.74, 6) is 0.667. The average Bonchev–Trinajstić information content (AvgIpc) is 3.20. The zero-order chi connectivity index (χ0) is 19.3. The fourth-order valence-electron chi connectivity index (χ4n) is 3.50. The summed E-state index contributed by atoms with van der Waals surface area (Å²) in [6, 6.07) is 15.1. The summed E-state index contributed by atoms with van der Waals surface area (Å²) in [5, 5.41) is 10.7. The Bertz CT molecular complexity index is 909. The summed E-state index contributed by atoms with van der Waals surface area (Å²) in [5.41, 5.74) is 1.08. The van der Waals surface area contributed by atoms with Crippen LogP contribution in [0.25, 0.3) is 0 Å². The molecule has 0 aromatic heterocycles. The minimum Gasteiger partial charge on any atom is -0.258 e. The summed E-state index contributed by atoms with van der Waals surface area (Å²) < 4.78 is 27.5. The number of rotatable bonds is 8. The lowest BCUT2D eigenvalue weighted by molar-refractivity contribution is -0.384. The van der Waals surface area contributed by atoms with Crippen molar-refractivity contribution in [2.24, 2.45) is 5.92 Å². The smallest absolute Gasteiger partial charge is 0.258 e. The van der Waals surface area contributed by atoms with Gasteiger partial charge in [-0.25, -0.2) is 13.1 Å². The van der Waals surface area contributed by atoms with Crippen molar-refractivity contribution in [1.82, 2.24) is 4.72 Å². The van der Waals surface area contributed by atoms with E-state index < -0.39 is 14.9 Å². The molecule has 0 bridgehead atoms. The molecule has 0 saturated carbocycles. The highest BCUT2D eigenvalue weighted by atomic mass is 32.2. The second-order valence-corrected chi connectivity index (χ2v) is 8.39. The van der Waals surface area contributed by atoms with E-state index >= 15 is 0 Å². The minimum absolute atomic E-state index is 0.0325. The van der Waals surface area contributed by atoms with Gasteiger partial charge >= 0.3 is 0 Å². The van der Waals surface area contributed by atoms with E-state index in [0.717, 1.165) is 12.8 Å². The molecule has 7 heteroatoms. The fourth-order valence-corrected chi connectivity index (χ4v) is 4.55. The third-order valence-electron chi connectivity index (χ3n) is 4.90. The van der Waals surface area contributed by atoms with E-state index in [0.29, 0.717) is 18.9 Å². The van der Waals surface area contributed by atoms with Crippen LogP contribution in [0.4, 0.5) is 5.69 Å². The fraction of sp³-hybridized carbons (Fsp3) is 0.300. The zero-order valence-electron chi connectivity index (χ0n) is 14.8. The SMILES string of the molecule is O=[N+]([O-])c1ccc(S(=O)(=O)NCC[C@@H](c2ccccc2)C2C=CCC2)cc1. The standard InChI is InChI=1S/C20H22N2O4S/c23-22(24)18-10-12-19(13-11-18)27(25,26)21-15-14-20(17-8-4-5-9-17)16-6-2-1-3-7-16/h1-4,6-8,10-13,17,20-21H,5,9,14-15H2/t17?,20-/m0/s1. The molecule has 2 aromatic rings. The van der Waals surface area contributed by atoms with Crippen molar-refractivity contribution >= 4 is 15.7 Å². The van der Waals surface area contributed by atoms with Gasteiger partial charge in [0.25, 0.3) is 5.69 Å². The van der Waals surface area contributed by atoms with Crippen molar-refractivity contribution in [2.45, 2.75) is 30.1 Å². The van der Waals surface area contributed by atoms with E-state index in [1.54, 1.807) is 0 Å². The number of allylic oxidation sites excluding steroid dienone is 2. The molecule has 0 amide bonds. The number of nitrogens with one attached hydrogen (secondary N) is 1. The number of nitro benzene ring substituents is 1. The summed E-state index contributed by atoms with van der Waals surface area (Å²) in [4.78, 5) is 10.2. The Hall–Kier alpha value is -2.51. The van der Waals surface area contributed by atoms with Crippen LogP contribution in [0.5, 0.6) is 0 Å². The van der Waals surface area contributed by atoms with Crippen molar-refractivity contribution in [3.8, 4) is 0 Å². The van der Waals surface area contributed by atoms with Gasteiger partial charge in [-0.1, -0.05) is 42.5 Å². The van der Waals surface area contributed by atoms with Crippen LogP contribution in [0.2, 0.25) is 0 Å². The number of hydrogen-bond donors (Lipinski definition) is 1. The average molecular weight is 386 g/mol. The van der Waals surface area contributed by atoms with Crippen molar-refractivity contribution in [2.75, 3.05) is 6.54 Å². The van der Waals surface area contributed by atoms with E-state index in [9.17, 15) is 18.5 Å². The van der Waals surface area contributed by atoms with Crippen LogP contribution in [0.15, 0.2) is 71.6 Å². The van der Waals surface area contributed by atoms with Gasteiger partial charge in [0.1, 0.15) is 0 Å². The van der Waals surface area contributed by atoms with Crippen molar-refractivity contribution in [3.05, 3.63) is 82.4 Å². The van der Waals surface area contributed by atoms with Gasteiger partial charge in [0, 0.05) is 18.7 Å². The van der Waals surface area contributed by atoms with Gasteiger partial charge in [0.05, 0.1) is 9.82 Å². The van der Waals surface area contributed by atoms with Gasteiger partial charge in [-0.3, -0.25) is 10.1 Å². The number of benzene rings is 2. The summed E-state index contributed by atoms with van der Waals surface area (Å²) >= 11 is 0. The molecule has 3 rings (SSSR count). The minimum atomic E-state index is -3.69. The molecule has 2 atom stereocenters. The Morgan fingerprint density at radius 2 is 1.81 bits per heavy atom. The first-order valence-corrected chi connectivity index (χ1v) is 10.4. The van der Waals surface area contributed by atoms with Gasteiger partial charge in [0.2, 0.25) is 10.0 Å². The molecule has 1 unspecified atom stereocenters. The Kier molecular flexibility index (Phi) is 6.03. The van der Waals surface area contributed by atoms with E-state index in [4.69, 9.17) is 0 Å². The third kappa shape index (κ3) is 4.81. The van der Waals surface area contributed by atoms with Crippen LogP contribution in [-0.2, 0) is 10.0 Å². The molecular weight excluding hydrogens is 364 g/mol. The summed E-state index contributed by atoms with van der Waals surface area (Å²) in [7, 11) is -3.69. The first-order valence-electron chi connectivity index (χ1n) is 8.93. The molecule has 0 radical (unpaired) electrons. The monoisotopic (exact) mass is 386 g/mol. The Labute approximate surface area is 159 Å². The Morgan fingerprint density at radius 1 is 1.11 bits per heavy atom. The molecule has 0 spiro atoms. The highest BCUT2D eigenvalue weighted by molar-refractivity contribution is 7.89. The predicted molar refractivity (Wildman–Crippen MR) is 104 cm³/mol. The number of nitro groups is 1. The van der Waals surface area contributed by atoms with Crippen LogP contribution in [0.1, 0.15) is 30.7 Å². The largest absolute Gasteiger partial charge is 0.269 e. The number of hydrogen-bond acceptors (Lipinski definition) is 4. The molecule has 27 heavy (non-hydrogen) atoms. The van der Waals surface area contributed by atoms with Crippen LogP contribution in [0.3, 0.4) is 0 Å². The molecule has 142 valence electrons. The molecule has 0 saturated heterocycles. The van der Waals surface area contributed by atoms with Gasteiger partial charge in [-0.15, -0.1) is 0 Å². The molecule has 2 aromatic carbocycles. The Morgan fingerprint density at radius 3 is 2.41 bits per heavy atom.